The number of hydrogen-bond acceptors (Lipinski definition) is 1. The predicted molar refractivity (Wildman–Crippen MR) is 58.3 cm³/mol. The van der Waals surface area contributed by atoms with Crippen LogP contribution in [0, 0.1) is 5.92 Å². The molecular weight excluding hydrogens is 172 g/mol. The van der Waals surface area contributed by atoms with Crippen LogP contribution in [0.1, 0.15) is 37.3 Å². The molecule has 0 fully saturated rings. The summed E-state index contributed by atoms with van der Waals surface area (Å²) in [7, 11) is 0. The van der Waals surface area contributed by atoms with E-state index < -0.39 is 0 Å². The fourth-order valence-corrected chi connectivity index (χ4v) is 2.58. The minimum atomic E-state index is -0.148. The lowest BCUT2D eigenvalue weighted by molar-refractivity contribution is 0.106. The Hall–Kier alpha value is -0.820. The molecule has 0 bridgehead atoms. The Balaban J connectivity index is 2.41. The zero-order valence-electron chi connectivity index (χ0n) is 8.90. The minimum absolute atomic E-state index is 0.148. The first kappa shape index (κ1) is 9.72. The summed E-state index contributed by atoms with van der Waals surface area (Å²) in [6.07, 6.45) is 1.80. The fourth-order valence-electron chi connectivity index (χ4n) is 2.58. The summed E-state index contributed by atoms with van der Waals surface area (Å²) in [5.74, 6) is 0.853. The van der Waals surface area contributed by atoms with E-state index in [1.807, 2.05) is 0 Å². The van der Waals surface area contributed by atoms with Gasteiger partial charge in [0.2, 0.25) is 0 Å². The maximum absolute atomic E-state index is 9.99. The number of aliphatic hydroxyl groups is 1. The third kappa shape index (κ3) is 1.57. The van der Waals surface area contributed by atoms with Gasteiger partial charge in [-0.1, -0.05) is 38.1 Å². The second-order valence-electron chi connectivity index (χ2n) is 4.57. The quantitative estimate of drug-likeness (QED) is 0.722. The molecule has 1 nitrogen and oxygen atoms in total. The van der Waals surface area contributed by atoms with Crippen LogP contribution in [0.15, 0.2) is 24.3 Å². The third-order valence-electron chi connectivity index (χ3n) is 3.26. The highest BCUT2D eigenvalue weighted by Crippen LogP contribution is 2.36. The van der Waals surface area contributed by atoms with E-state index in [0.717, 1.165) is 12.8 Å². The van der Waals surface area contributed by atoms with E-state index in [2.05, 4.69) is 38.1 Å². The number of aryl methyl sites for hydroxylation is 1. The van der Waals surface area contributed by atoms with E-state index in [1.54, 1.807) is 0 Å². The molecular formula is C13H18O. The molecule has 0 radical (unpaired) electrons. The number of fused-ring (bicyclic) bond motifs is 1. The van der Waals surface area contributed by atoms with E-state index in [1.165, 1.54) is 11.1 Å². The summed E-state index contributed by atoms with van der Waals surface area (Å²) in [5, 5.41) is 9.99. The van der Waals surface area contributed by atoms with Crippen molar-refractivity contribution >= 4 is 0 Å². The Labute approximate surface area is 85.8 Å². The van der Waals surface area contributed by atoms with Crippen LogP contribution in [0.4, 0.5) is 0 Å². The van der Waals surface area contributed by atoms with Crippen molar-refractivity contribution < 1.29 is 5.11 Å². The molecule has 1 aromatic carbocycles. The Morgan fingerprint density at radius 3 is 2.71 bits per heavy atom. The highest BCUT2D eigenvalue weighted by atomic mass is 16.3. The topological polar surface area (TPSA) is 20.2 Å². The van der Waals surface area contributed by atoms with Crippen LogP contribution in [0.5, 0.6) is 0 Å². The maximum Gasteiger partial charge on any atom is 0.0614 e. The molecule has 1 aliphatic rings. The van der Waals surface area contributed by atoms with Crippen molar-refractivity contribution in [2.24, 2.45) is 5.92 Å². The summed E-state index contributed by atoms with van der Waals surface area (Å²) in [4.78, 5) is 0. The zero-order chi connectivity index (χ0) is 10.1. The molecule has 0 aliphatic heterocycles. The van der Waals surface area contributed by atoms with Crippen LogP contribution >= 0.6 is 0 Å². The SMILES string of the molecule is CC(C)[C@@H]1c2ccccc2CC[C@@H]1O. The summed E-state index contributed by atoms with van der Waals surface area (Å²) in [6, 6.07) is 8.53. The Bertz CT molecular complexity index is 317. The van der Waals surface area contributed by atoms with Crippen LogP contribution in [0.25, 0.3) is 0 Å². The first-order valence-electron chi connectivity index (χ1n) is 5.46. The molecule has 1 heteroatoms. The van der Waals surface area contributed by atoms with Gasteiger partial charge in [0.15, 0.2) is 0 Å². The van der Waals surface area contributed by atoms with Crippen molar-refractivity contribution in [1.82, 2.24) is 0 Å². The smallest absolute Gasteiger partial charge is 0.0614 e. The standard InChI is InChI=1S/C13H18O/c1-9(2)13-11-6-4-3-5-10(11)7-8-12(13)14/h3-6,9,12-14H,7-8H2,1-2H3/t12-,13+/m0/s1. The van der Waals surface area contributed by atoms with Gasteiger partial charge in [0.05, 0.1) is 6.10 Å². The lowest BCUT2D eigenvalue weighted by Crippen LogP contribution is -2.28. The predicted octanol–water partition coefficient (Wildman–Crippen LogP) is 2.73. The van der Waals surface area contributed by atoms with Crippen LogP contribution in [0.3, 0.4) is 0 Å². The van der Waals surface area contributed by atoms with Gasteiger partial charge in [0.25, 0.3) is 0 Å². The van der Waals surface area contributed by atoms with Crippen molar-refractivity contribution in [2.75, 3.05) is 0 Å². The molecule has 0 amide bonds. The van der Waals surface area contributed by atoms with Gasteiger partial charge in [-0.2, -0.15) is 0 Å². The van der Waals surface area contributed by atoms with Crippen molar-refractivity contribution in [3.05, 3.63) is 35.4 Å². The van der Waals surface area contributed by atoms with E-state index in [9.17, 15) is 5.11 Å². The van der Waals surface area contributed by atoms with Gasteiger partial charge >= 0.3 is 0 Å². The van der Waals surface area contributed by atoms with Gasteiger partial charge in [-0.25, -0.2) is 0 Å². The van der Waals surface area contributed by atoms with Crippen molar-refractivity contribution in [1.29, 1.82) is 0 Å². The second-order valence-corrected chi connectivity index (χ2v) is 4.57. The molecule has 1 aliphatic carbocycles. The molecule has 1 aromatic rings. The normalized spacial score (nSPS) is 26.3. The van der Waals surface area contributed by atoms with Crippen LogP contribution in [-0.2, 0) is 6.42 Å². The molecule has 0 saturated heterocycles. The van der Waals surface area contributed by atoms with Gasteiger partial charge in [-0.05, 0) is 29.9 Å². The van der Waals surface area contributed by atoms with Gasteiger partial charge < -0.3 is 5.11 Å². The molecule has 0 saturated carbocycles. The lowest BCUT2D eigenvalue weighted by Gasteiger charge is -2.33. The Kier molecular flexibility index (Phi) is 2.60. The molecule has 0 unspecified atom stereocenters. The van der Waals surface area contributed by atoms with Gasteiger partial charge in [0.1, 0.15) is 0 Å². The monoisotopic (exact) mass is 190 g/mol. The number of rotatable bonds is 1. The molecule has 0 aromatic heterocycles. The van der Waals surface area contributed by atoms with Crippen LogP contribution in [-0.4, -0.2) is 11.2 Å². The zero-order valence-corrected chi connectivity index (χ0v) is 8.90. The molecule has 14 heavy (non-hydrogen) atoms. The summed E-state index contributed by atoms with van der Waals surface area (Å²) in [6.45, 7) is 4.38. The molecule has 76 valence electrons. The van der Waals surface area contributed by atoms with Crippen LogP contribution in [0.2, 0.25) is 0 Å². The largest absolute Gasteiger partial charge is 0.392 e. The first-order chi connectivity index (χ1) is 6.70. The van der Waals surface area contributed by atoms with Crippen molar-refractivity contribution in [3.63, 3.8) is 0 Å². The summed E-state index contributed by atoms with van der Waals surface area (Å²) < 4.78 is 0. The van der Waals surface area contributed by atoms with E-state index in [0.29, 0.717) is 11.8 Å². The van der Waals surface area contributed by atoms with Gasteiger partial charge in [0, 0.05) is 5.92 Å². The third-order valence-corrected chi connectivity index (χ3v) is 3.26. The number of hydrogen-bond donors (Lipinski definition) is 1. The average molecular weight is 190 g/mol. The van der Waals surface area contributed by atoms with E-state index in [-0.39, 0.29) is 6.10 Å². The number of aliphatic hydroxyl groups excluding tert-OH is 1. The Morgan fingerprint density at radius 2 is 2.00 bits per heavy atom. The average Bonchev–Trinajstić information content (AvgIpc) is 2.17. The summed E-state index contributed by atoms with van der Waals surface area (Å²) >= 11 is 0. The van der Waals surface area contributed by atoms with Crippen LogP contribution < -0.4 is 0 Å². The fraction of sp³-hybridized carbons (Fsp3) is 0.538. The molecule has 1 N–H and O–H groups in total. The summed E-state index contributed by atoms with van der Waals surface area (Å²) in [5.41, 5.74) is 2.79. The van der Waals surface area contributed by atoms with E-state index >= 15 is 0 Å². The van der Waals surface area contributed by atoms with E-state index in [4.69, 9.17) is 0 Å². The minimum Gasteiger partial charge on any atom is -0.392 e. The van der Waals surface area contributed by atoms with Crippen molar-refractivity contribution in [3.8, 4) is 0 Å². The Morgan fingerprint density at radius 1 is 1.29 bits per heavy atom. The van der Waals surface area contributed by atoms with Crippen molar-refractivity contribution in [2.45, 2.75) is 38.7 Å². The molecule has 2 rings (SSSR count). The second kappa shape index (κ2) is 3.74. The highest BCUT2D eigenvalue weighted by molar-refractivity contribution is 5.34. The molecule has 0 heterocycles. The van der Waals surface area contributed by atoms with Gasteiger partial charge in [-0.15, -0.1) is 0 Å². The van der Waals surface area contributed by atoms with Gasteiger partial charge in [-0.3, -0.25) is 0 Å². The lowest BCUT2D eigenvalue weighted by atomic mass is 9.75. The number of benzene rings is 1. The highest BCUT2D eigenvalue weighted by Gasteiger charge is 2.29. The maximum atomic E-state index is 9.99. The first-order valence-corrected chi connectivity index (χ1v) is 5.46. The molecule has 0 spiro atoms. The molecule has 2 atom stereocenters.